The van der Waals surface area contributed by atoms with Crippen LogP contribution in [0, 0.1) is 11.3 Å². The second kappa shape index (κ2) is 7.90. The summed E-state index contributed by atoms with van der Waals surface area (Å²) in [5.74, 6) is -0.0837. The third-order valence-electron chi connectivity index (χ3n) is 3.95. The van der Waals surface area contributed by atoms with Crippen molar-refractivity contribution in [3.63, 3.8) is 0 Å². The minimum atomic E-state index is -0.0837. The Morgan fingerprint density at radius 1 is 1.50 bits per heavy atom. The monoisotopic (exact) mass is 303 g/mol. The molecule has 2 N–H and O–H groups in total. The van der Waals surface area contributed by atoms with Gasteiger partial charge in [0, 0.05) is 26.2 Å². The van der Waals surface area contributed by atoms with E-state index in [0.29, 0.717) is 18.7 Å². The zero-order valence-electron chi connectivity index (χ0n) is 12.7. The third kappa shape index (κ3) is 4.28. The van der Waals surface area contributed by atoms with Gasteiger partial charge in [-0.15, -0.1) is 0 Å². The van der Waals surface area contributed by atoms with Gasteiger partial charge in [-0.05, 0) is 24.1 Å². The molecule has 1 aromatic carbocycles. The fourth-order valence-electron chi connectivity index (χ4n) is 2.63. The summed E-state index contributed by atoms with van der Waals surface area (Å²) < 4.78 is 5.30. The lowest BCUT2D eigenvalue weighted by atomic mass is 10.1. The molecule has 1 aromatic rings. The standard InChI is InChI=1S/C16H21N3O3/c1-22-15-6-14(11-20)19(9-15)10-16(21)18-8-13-4-2-12(7-17)3-5-13/h2-5,14-15,20H,6,8-11H2,1H3,(H,18,21)/t14-,15+/m0/s1. The fraction of sp³-hybridized carbons (Fsp3) is 0.500. The van der Waals surface area contributed by atoms with Crippen LogP contribution >= 0.6 is 0 Å². The normalized spacial score (nSPS) is 21.5. The van der Waals surface area contributed by atoms with E-state index in [2.05, 4.69) is 11.4 Å². The highest BCUT2D eigenvalue weighted by Crippen LogP contribution is 2.19. The van der Waals surface area contributed by atoms with E-state index in [9.17, 15) is 9.90 Å². The molecule has 2 atom stereocenters. The highest BCUT2D eigenvalue weighted by Gasteiger charge is 2.32. The zero-order valence-corrected chi connectivity index (χ0v) is 12.7. The second-order valence-electron chi connectivity index (χ2n) is 5.44. The van der Waals surface area contributed by atoms with Crippen LogP contribution in [0.2, 0.25) is 0 Å². The molecule has 22 heavy (non-hydrogen) atoms. The molecule has 2 rings (SSSR count). The van der Waals surface area contributed by atoms with Crippen LogP contribution in [-0.4, -0.2) is 54.9 Å². The zero-order chi connectivity index (χ0) is 15.9. The summed E-state index contributed by atoms with van der Waals surface area (Å²) in [4.78, 5) is 14.0. The molecule has 1 amide bonds. The maximum atomic E-state index is 12.0. The summed E-state index contributed by atoms with van der Waals surface area (Å²) >= 11 is 0. The molecule has 1 aliphatic heterocycles. The summed E-state index contributed by atoms with van der Waals surface area (Å²) in [5, 5.41) is 21.0. The number of likely N-dealkylation sites (tertiary alicyclic amines) is 1. The Balaban J connectivity index is 1.81. The fourth-order valence-corrected chi connectivity index (χ4v) is 2.63. The van der Waals surface area contributed by atoms with Gasteiger partial charge in [0.15, 0.2) is 0 Å². The first-order chi connectivity index (χ1) is 10.7. The first-order valence-electron chi connectivity index (χ1n) is 7.29. The molecule has 1 saturated heterocycles. The molecule has 6 nitrogen and oxygen atoms in total. The molecule has 1 aliphatic rings. The molecule has 0 unspecified atom stereocenters. The van der Waals surface area contributed by atoms with Crippen molar-refractivity contribution in [1.82, 2.24) is 10.2 Å². The number of hydrogen-bond acceptors (Lipinski definition) is 5. The van der Waals surface area contributed by atoms with E-state index in [1.807, 2.05) is 17.0 Å². The minimum absolute atomic E-state index is 0.0226. The molecule has 0 saturated carbocycles. The van der Waals surface area contributed by atoms with Crippen molar-refractivity contribution in [1.29, 1.82) is 5.26 Å². The number of aliphatic hydroxyl groups is 1. The van der Waals surface area contributed by atoms with Crippen molar-refractivity contribution >= 4 is 5.91 Å². The van der Waals surface area contributed by atoms with Crippen LogP contribution in [-0.2, 0) is 16.1 Å². The van der Waals surface area contributed by atoms with Crippen LogP contribution in [0.15, 0.2) is 24.3 Å². The Morgan fingerprint density at radius 3 is 2.82 bits per heavy atom. The van der Waals surface area contributed by atoms with E-state index in [-0.39, 0.29) is 31.2 Å². The molecule has 0 aromatic heterocycles. The van der Waals surface area contributed by atoms with Crippen LogP contribution in [0.3, 0.4) is 0 Å². The Hall–Kier alpha value is -1.94. The lowest BCUT2D eigenvalue weighted by Crippen LogP contribution is -2.41. The van der Waals surface area contributed by atoms with Crippen molar-refractivity contribution < 1.29 is 14.6 Å². The number of rotatable bonds is 6. The lowest BCUT2D eigenvalue weighted by Gasteiger charge is -2.21. The van der Waals surface area contributed by atoms with Gasteiger partial charge >= 0.3 is 0 Å². The third-order valence-corrected chi connectivity index (χ3v) is 3.95. The van der Waals surface area contributed by atoms with Gasteiger partial charge in [0.2, 0.25) is 5.91 Å². The predicted molar refractivity (Wildman–Crippen MR) is 80.9 cm³/mol. The van der Waals surface area contributed by atoms with Crippen molar-refractivity contribution in [2.45, 2.75) is 25.1 Å². The average molecular weight is 303 g/mol. The van der Waals surface area contributed by atoms with Crippen LogP contribution in [0.4, 0.5) is 0 Å². The van der Waals surface area contributed by atoms with Crippen molar-refractivity contribution in [3.05, 3.63) is 35.4 Å². The predicted octanol–water partition coefficient (Wildman–Crippen LogP) is 0.256. The van der Waals surface area contributed by atoms with Gasteiger partial charge in [0.1, 0.15) is 0 Å². The number of methoxy groups -OCH3 is 1. The van der Waals surface area contributed by atoms with Crippen molar-refractivity contribution in [2.24, 2.45) is 0 Å². The number of carbonyl (C=O) groups excluding carboxylic acids is 1. The van der Waals surface area contributed by atoms with Crippen molar-refractivity contribution in [2.75, 3.05) is 26.8 Å². The number of carbonyl (C=O) groups is 1. The van der Waals surface area contributed by atoms with Gasteiger partial charge in [0.25, 0.3) is 0 Å². The van der Waals surface area contributed by atoms with Gasteiger partial charge in [0.05, 0.1) is 30.9 Å². The lowest BCUT2D eigenvalue weighted by molar-refractivity contribution is -0.122. The number of hydrogen-bond donors (Lipinski definition) is 2. The number of nitriles is 1. The Morgan fingerprint density at radius 2 is 2.23 bits per heavy atom. The highest BCUT2D eigenvalue weighted by molar-refractivity contribution is 5.78. The van der Waals surface area contributed by atoms with Gasteiger partial charge in [-0.2, -0.15) is 5.26 Å². The molecular formula is C16H21N3O3. The Kier molecular flexibility index (Phi) is 5.90. The molecule has 1 heterocycles. The van der Waals surface area contributed by atoms with Crippen LogP contribution < -0.4 is 5.32 Å². The summed E-state index contributed by atoms with van der Waals surface area (Å²) in [6.45, 7) is 1.37. The summed E-state index contributed by atoms with van der Waals surface area (Å²) in [6, 6.07) is 9.15. The largest absolute Gasteiger partial charge is 0.395 e. The van der Waals surface area contributed by atoms with E-state index < -0.39 is 0 Å². The average Bonchev–Trinajstić information content (AvgIpc) is 2.95. The van der Waals surface area contributed by atoms with E-state index in [4.69, 9.17) is 10.00 Å². The summed E-state index contributed by atoms with van der Waals surface area (Å²) in [7, 11) is 1.65. The SMILES string of the molecule is CO[C@@H]1C[C@@H](CO)N(CC(=O)NCc2ccc(C#N)cc2)C1. The van der Waals surface area contributed by atoms with Crippen molar-refractivity contribution in [3.8, 4) is 6.07 Å². The van der Waals surface area contributed by atoms with Crippen LogP contribution in [0.25, 0.3) is 0 Å². The molecule has 0 bridgehead atoms. The molecular weight excluding hydrogens is 282 g/mol. The molecule has 118 valence electrons. The number of benzene rings is 1. The van der Waals surface area contributed by atoms with E-state index in [1.54, 1.807) is 19.2 Å². The number of nitrogens with one attached hydrogen (secondary N) is 1. The quantitative estimate of drug-likeness (QED) is 0.787. The summed E-state index contributed by atoms with van der Waals surface area (Å²) in [5.41, 5.74) is 1.55. The van der Waals surface area contributed by atoms with E-state index >= 15 is 0 Å². The first-order valence-corrected chi connectivity index (χ1v) is 7.29. The second-order valence-corrected chi connectivity index (χ2v) is 5.44. The molecule has 0 spiro atoms. The molecule has 0 radical (unpaired) electrons. The highest BCUT2D eigenvalue weighted by atomic mass is 16.5. The Labute approximate surface area is 130 Å². The smallest absolute Gasteiger partial charge is 0.234 e. The minimum Gasteiger partial charge on any atom is -0.395 e. The maximum absolute atomic E-state index is 12.0. The maximum Gasteiger partial charge on any atom is 0.234 e. The number of nitrogens with zero attached hydrogens (tertiary/aromatic N) is 2. The van der Waals surface area contributed by atoms with Gasteiger partial charge in [-0.25, -0.2) is 0 Å². The van der Waals surface area contributed by atoms with Gasteiger partial charge in [-0.3, -0.25) is 9.69 Å². The molecule has 0 aliphatic carbocycles. The van der Waals surface area contributed by atoms with E-state index in [1.165, 1.54) is 0 Å². The molecule has 6 heteroatoms. The number of ether oxygens (including phenoxy) is 1. The number of amides is 1. The van der Waals surface area contributed by atoms with Gasteiger partial charge in [-0.1, -0.05) is 12.1 Å². The first kappa shape index (κ1) is 16.4. The molecule has 1 fully saturated rings. The Bertz CT molecular complexity index is 539. The summed E-state index contributed by atoms with van der Waals surface area (Å²) in [6.07, 6.45) is 0.819. The number of aliphatic hydroxyl groups excluding tert-OH is 1. The topological polar surface area (TPSA) is 85.6 Å². The van der Waals surface area contributed by atoms with Crippen LogP contribution in [0.1, 0.15) is 17.5 Å². The van der Waals surface area contributed by atoms with Crippen LogP contribution in [0.5, 0.6) is 0 Å². The van der Waals surface area contributed by atoms with E-state index in [0.717, 1.165) is 12.0 Å². The van der Waals surface area contributed by atoms with Gasteiger partial charge < -0.3 is 15.2 Å².